The predicted octanol–water partition coefficient (Wildman–Crippen LogP) is 0.226. The van der Waals surface area contributed by atoms with Crippen LogP contribution in [0.5, 0.6) is 5.75 Å². The van der Waals surface area contributed by atoms with E-state index in [0.717, 1.165) is 5.56 Å². The standard InChI is InChI=1S/C29H39N5O7/c1-17(2)13-24(29(40)41)33-25(36)16-31-28(39)23(15-20-9-11-21(35)12-10-20)34-26(37)18(3)32-27(38)22(30)14-19-7-5-4-6-8-19/h4-12,17-18,22-24,35H,13-16,30H2,1-3H3,(H,31,39)(H,32,38)(H,33,36)(H,34,37)(H,40,41). The Hall–Kier alpha value is -4.45. The van der Waals surface area contributed by atoms with E-state index in [2.05, 4.69) is 21.3 Å². The molecule has 2 aromatic rings. The molecular formula is C29H39N5O7. The summed E-state index contributed by atoms with van der Waals surface area (Å²) in [5, 5.41) is 28.8. The van der Waals surface area contributed by atoms with Gasteiger partial charge in [0.25, 0.3) is 0 Å². The van der Waals surface area contributed by atoms with Gasteiger partial charge in [0.05, 0.1) is 12.6 Å². The molecule has 0 aliphatic rings. The number of phenols is 1. The van der Waals surface area contributed by atoms with Crippen molar-refractivity contribution in [2.75, 3.05) is 6.54 Å². The average Bonchev–Trinajstić information content (AvgIpc) is 2.92. The number of carbonyl (C=O) groups excluding carboxylic acids is 4. The molecule has 0 spiro atoms. The largest absolute Gasteiger partial charge is 0.508 e. The molecular weight excluding hydrogens is 530 g/mol. The minimum absolute atomic E-state index is 0.0127. The van der Waals surface area contributed by atoms with Crippen LogP contribution in [0, 0.1) is 5.92 Å². The number of carboxylic acids is 1. The third-order valence-electron chi connectivity index (χ3n) is 6.16. The first-order chi connectivity index (χ1) is 19.3. The second-order valence-electron chi connectivity index (χ2n) is 10.3. The van der Waals surface area contributed by atoms with Crippen LogP contribution in [0.2, 0.25) is 0 Å². The molecule has 2 aromatic carbocycles. The van der Waals surface area contributed by atoms with Crippen LogP contribution < -0.4 is 27.0 Å². The number of carboxylic acid groups (broad SMARTS) is 1. The van der Waals surface area contributed by atoms with Crippen molar-refractivity contribution in [2.24, 2.45) is 11.7 Å². The molecule has 4 unspecified atom stereocenters. The van der Waals surface area contributed by atoms with Gasteiger partial charge in [-0.1, -0.05) is 56.3 Å². The predicted molar refractivity (Wildman–Crippen MR) is 151 cm³/mol. The molecule has 8 N–H and O–H groups in total. The van der Waals surface area contributed by atoms with E-state index in [1.165, 1.54) is 19.1 Å². The first-order valence-corrected chi connectivity index (χ1v) is 13.3. The molecule has 12 nitrogen and oxygen atoms in total. The maximum Gasteiger partial charge on any atom is 0.326 e. The molecule has 222 valence electrons. The zero-order valence-electron chi connectivity index (χ0n) is 23.4. The Bertz CT molecular complexity index is 1190. The van der Waals surface area contributed by atoms with Crippen LogP contribution in [0.4, 0.5) is 0 Å². The van der Waals surface area contributed by atoms with Crippen LogP contribution >= 0.6 is 0 Å². The van der Waals surface area contributed by atoms with Crippen molar-refractivity contribution < 1.29 is 34.2 Å². The monoisotopic (exact) mass is 569 g/mol. The molecule has 0 saturated carbocycles. The van der Waals surface area contributed by atoms with Gasteiger partial charge in [-0.25, -0.2) is 4.79 Å². The topological polar surface area (TPSA) is 200 Å². The maximum absolute atomic E-state index is 13.0. The summed E-state index contributed by atoms with van der Waals surface area (Å²) in [6.45, 7) is 4.58. The van der Waals surface area contributed by atoms with Gasteiger partial charge in [0.15, 0.2) is 0 Å². The van der Waals surface area contributed by atoms with Gasteiger partial charge >= 0.3 is 5.97 Å². The van der Waals surface area contributed by atoms with E-state index in [1.54, 1.807) is 12.1 Å². The molecule has 0 aliphatic carbocycles. The molecule has 12 heteroatoms. The van der Waals surface area contributed by atoms with E-state index in [-0.39, 0.29) is 30.9 Å². The summed E-state index contributed by atoms with van der Waals surface area (Å²) in [4.78, 5) is 62.3. The summed E-state index contributed by atoms with van der Waals surface area (Å²) < 4.78 is 0. The number of aromatic hydroxyl groups is 1. The van der Waals surface area contributed by atoms with Gasteiger partial charge in [-0.05, 0) is 48.9 Å². The van der Waals surface area contributed by atoms with E-state index in [0.29, 0.717) is 5.56 Å². The van der Waals surface area contributed by atoms with E-state index >= 15 is 0 Å². The van der Waals surface area contributed by atoms with Gasteiger partial charge in [0.1, 0.15) is 23.9 Å². The molecule has 4 amide bonds. The Morgan fingerprint density at radius 3 is 1.95 bits per heavy atom. The molecule has 0 saturated heterocycles. The lowest BCUT2D eigenvalue weighted by Crippen LogP contribution is -2.56. The molecule has 0 bridgehead atoms. The van der Waals surface area contributed by atoms with Crippen LogP contribution in [0.1, 0.15) is 38.3 Å². The molecule has 0 aliphatic heterocycles. The summed E-state index contributed by atoms with van der Waals surface area (Å²) in [6.07, 6.45) is 0.501. The number of amides is 4. The lowest BCUT2D eigenvalue weighted by molar-refractivity contribution is -0.142. The van der Waals surface area contributed by atoms with Gasteiger partial charge in [-0.15, -0.1) is 0 Å². The van der Waals surface area contributed by atoms with Crippen LogP contribution in [0.15, 0.2) is 54.6 Å². The minimum Gasteiger partial charge on any atom is -0.508 e. The number of carbonyl (C=O) groups is 5. The van der Waals surface area contributed by atoms with Crippen LogP contribution in [0.25, 0.3) is 0 Å². The summed E-state index contributed by atoms with van der Waals surface area (Å²) in [5.74, 6) is -3.74. The van der Waals surface area contributed by atoms with Gasteiger partial charge in [-0.2, -0.15) is 0 Å². The van der Waals surface area contributed by atoms with Crippen molar-refractivity contribution in [3.8, 4) is 5.75 Å². The molecule has 0 fully saturated rings. The molecule has 0 radical (unpaired) electrons. The van der Waals surface area contributed by atoms with Gasteiger partial charge in [0, 0.05) is 6.42 Å². The summed E-state index contributed by atoms with van der Waals surface area (Å²) >= 11 is 0. The molecule has 0 heterocycles. The number of aliphatic carboxylic acids is 1. The Labute approximate surface area is 239 Å². The fraction of sp³-hybridized carbons (Fsp3) is 0.414. The molecule has 2 rings (SSSR count). The summed E-state index contributed by atoms with van der Waals surface area (Å²) in [6, 6.07) is 11.0. The van der Waals surface area contributed by atoms with E-state index in [1.807, 2.05) is 44.2 Å². The first kappa shape index (κ1) is 32.8. The highest BCUT2D eigenvalue weighted by molar-refractivity contribution is 5.94. The zero-order valence-corrected chi connectivity index (χ0v) is 23.4. The maximum atomic E-state index is 13.0. The second kappa shape index (κ2) is 16.0. The van der Waals surface area contributed by atoms with Crippen LogP contribution in [-0.4, -0.2) is 70.5 Å². The Morgan fingerprint density at radius 1 is 0.756 bits per heavy atom. The summed E-state index contributed by atoms with van der Waals surface area (Å²) in [5.41, 5.74) is 7.48. The average molecular weight is 570 g/mol. The summed E-state index contributed by atoms with van der Waals surface area (Å²) in [7, 11) is 0. The van der Waals surface area contributed by atoms with Crippen molar-refractivity contribution in [2.45, 2.75) is 64.2 Å². The Balaban J connectivity index is 2.03. The first-order valence-electron chi connectivity index (χ1n) is 13.3. The fourth-order valence-electron chi connectivity index (χ4n) is 3.95. The molecule has 0 aromatic heterocycles. The van der Waals surface area contributed by atoms with E-state index in [9.17, 15) is 34.2 Å². The number of nitrogens with one attached hydrogen (secondary N) is 4. The SMILES string of the molecule is CC(C)CC(NC(=O)CNC(=O)C(Cc1ccc(O)cc1)NC(=O)C(C)NC(=O)C(N)Cc1ccccc1)C(=O)O. The number of nitrogens with two attached hydrogens (primary N) is 1. The number of hydrogen-bond donors (Lipinski definition) is 7. The minimum atomic E-state index is -1.18. The quantitative estimate of drug-likeness (QED) is 0.158. The lowest BCUT2D eigenvalue weighted by atomic mass is 10.0. The fourth-order valence-corrected chi connectivity index (χ4v) is 3.95. The highest BCUT2D eigenvalue weighted by atomic mass is 16.4. The molecule has 41 heavy (non-hydrogen) atoms. The Kier molecular flexibility index (Phi) is 12.8. The molecule has 4 atom stereocenters. The number of benzene rings is 2. The van der Waals surface area contributed by atoms with Crippen molar-refractivity contribution in [1.82, 2.24) is 21.3 Å². The van der Waals surface area contributed by atoms with Crippen molar-refractivity contribution in [3.05, 3.63) is 65.7 Å². The smallest absolute Gasteiger partial charge is 0.326 e. The third-order valence-corrected chi connectivity index (χ3v) is 6.16. The van der Waals surface area contributed by atoms with Crippen molar-refractivity contribution in [1.29, 1.82) is 0 Å². The zero-order chi connectivity index (χ0) is 30.5. The van der Waals surface area contributed by atoms with Gasteiger partial charge < -0.3 is 37.2 Å². The Morgan fingerprint density at radius 2 is 1.37 bits per heavy atom. The van der Waals surface area contributed by atoms with Crippen LogP contribution in [-0.2, 0) is 36.8 Å². The number of phenolic OH excluding ortho intramolecular Hbond substituents is 1. The second-order valence-corrected chi connectivity index (χ2v) is 10.3. The van der Waals surface area contributed by atoms with E-state index < -0.39 is 60.3 Å². The number of rotatable bonds is 15. The highest BCUT2D eigenvalue weighted by Crippen LogP contribution is 2.12. The van der Waals surface area contributed by atoms with Crippen molar-refractivity contribution >= 4 is 29.6 Å². The highest BCUT2D eigenvalue weighted by Gasteiger charge is 2.27. The van der Waals surface area contributed by atoms with E-state index in [4.69, 9.17) is 5.73 Å². The third kappa shape index (κ3) is 11.7. The normalized spacial score (nSPS) is 13.8. The van der Waals surface area contributed by atoms with Gasteiger partial charge in [-0.3, -0.25) is 19.2 Å². The van der Waals surface area contributed by atoms with Crippen LogP contribution in [0.3, 0.4) is 0 Å². The lowest BCUT2D eigenvalue weighted by Gasteiger charge is -2.23. The number of hydrogen-bond acceptors (Lipinski definition) is 7. The van der Waals surface area contributed by atoms with Crippen molar-refractivity contribution in [3.63, 3.8) is 0 Å². The van der Waals surface area contributed by atoms with Gasteiger partial charge in [0.2, 0.25) is 23.6 Å².